The Morgan fingerprint density at radius 3 is 2.12 bits per heavy atom. The van der Waals surface area contributed by atoms with Crippen molar-refractivity contribution in [2.24, 2.45) is 5.10 Å². The summed E-state index contributed by atoms with van der Waals surface area (Å²) in [4.78, 5) is 12.0. The number of nitrogens with one attached hydrogen (secondary N) is 1. The number of ether oxygens (including phenoxy) is 3. The molecule has 7 heteroatoms. The molecular formula is C17H17ClN2O4. The highest BCUT2D eigenvalue weighted by Crippen LogP contribution is 2.32. The van der Waals surface area contributed by atoms with Crippen molar-refractivity contribution in [1.29, 1.82) is 0 Å². The van der Waals surface area contributed by atoms with Crippen molar-refractivity contribution in [1.82, 2.24) is 5.43 Å². The number of carbonyl (C=O) groups excluding carboxylic acids is 1. The fourth-order valence-corrected chi connectivity index (χ4v) is 2.11. The summed E-state index contributed by atoms with van der Waals surface area (Å²) < 4.78 is 15.8. The normalized spacial score (nSPS) is 10.5. The first-order valence-electron chi connectivity index (χ1n) is 6.98. The Labute approximate surface area is 145 Å². The first-order chi connectivity index (χ1) is 11.6. The lowest BCUT2D eigenvalue weighted by Gasteiger charge is -2.12. The third-order valence-electron chi connectivity index (χ3n) is 3.22. The van der Waals surface area contributed by atoms with Crippen LogP contribution in [0.2, 0.25) is 5.02 Å². The van der Waals surface area contributed by atoms with E-state index in [0.717, 1.165) is 0 Å². The molecule has 2 aromatic carbocycles. The molecule has 0 fully saturated rings. The van der Waals surface area contributed by atoms with Crippen molar-refractivity contribution in [3.63, 3.8) is 0 Å². The van der Waals surface area contributed by atoms with E-state index in [2.05, 4.69) is 10.5 Å². The van der Waals surface area contributed by atoms with E-state index in [-0.39, 0.29) is 5.91 Å². The maximum Gasteiger partial charge on any atom is 0.271 e. The molecule has 1 N–H and O–H groups in total. The summed E-state index contributed by atoms with van der Waals surface area (Å²) in [5.41, 5.74) is 3.47. The van der Waals surface area contributed by atoms with E-state index >= 15 is 0 Å². The third-order valence-corrected chi connectivity index (χ3v) is 3.47. The minimum atomic E-state index is -0.352. The first-order valence-corrected chi connectivity index (χ1v) is 7.35. The van der Waals surface area contributed by atoms with Crippen molar-refractivity contribution >= 4 is 23.7 Å². The van der Waals surface area contributed by atoms with Gasteiger partial charge in [0.15, 0.2) is 0 Å². The second kappa shape index (κ2) is 8.21. The highest BCUT2D eigenvalue weighted by molar-refractivity contribution is 6.30. The fraction of sp³-hybridized carbons (Fsp3) is 0.176. The molecule has 0 unspecified atom stereocenters. The maximum absolute atomic E-state index is 12.0. The van der Waals surface area contributed by atoms with Crippen LogP contribution < -0.4 is 19.6 Å². The van der Waals surface area contributed by atoms with Gasteiger partial charge in [-0.05, 0) is 24.3 Å². The number of nitrogens with zero attached hydrogens (tertiary/aromatic N) is 1. The van der Waals surface area contributed by atoms with Gasteiger partial charge < -0.3 is 14.2 Å². The Balaban J connectivity index is 2.19. The SMILES string of the molecule is COc1cc(OC)c(/C=N\NC(=O)c2ccc(Cl)cc2)c(OC)c1. The Hall–Kier alpha value is -2.73. The van der Waals surface area contributed by atoms with Crippen LogP contribution in [0.3, 0.4) is 0 Å². The summed E-state index contributed by atoms with van der Waals surface area (Å²) in [7, 11) is 4.60. The quantitative estimate of drug-likeness (QED) is 0.643. The molecule has 0 aliphatic rings. The van der Waals surface area contributed by atoms with E-state index in [1.165, 1.54) is 20.4 Å². The van der Waals surface area contributed by atoms with Gasteiger partial charge in [-0.2, -0.15) is 5.10 Å². The molecule has 0 aliphatic carbocycles. The van der Waals surface area contributed by atoms with E-state index in [1.807, 2.05) is 0 Å². The van der Waals surface area contributed by atoms with E-state index in [9.17, 15) is 4.79 Å². The predicted molar refractivity (Wildman–Crippen MR) is 92.6 cm³/mol. The molecule has 0 atom stereocenters. The van der Waals surface area contributed by atoms with Crippen LogP contribution in [0.15, 0.2) is 41.5 Å². The molecule has 0 saturated heterocycles. The van der Waals surface area contributed by atoms with Gasteiger partial charge in [0.2, 0.25) is 0 Å². The van der Waals surface area contributed by atoms with Gasteiger partial charge in [0.05, 0.1) is 33.1 Å². The van der Waals surface area contributed by atoms with Gasteiger partial charge >= 0.3 is 0 Å². The molecule has 126 valence electrons. The molecule has 0 bridgehead atoms. The van der Waals surface area contributed by atoms with Crippen molar-refractivity contribution in [2.75, 3.05) is 21.3 Å². The number of methoxy groups -OCH3 is 3. The molecule has 2 rings (SSSR count). The van der Waals surface area contributed by atoms with Gasteiger partial charge in [-0.25, -0.2) is 5.43 Å². The van der Waals surface area contributed by atoms with E-state index in [1.54, 1.807) is 43.5 Å². The summed E-state index contributed by atoms with van der Waals surface area (Å²) in [6.07, 6.45) is 1.45. The summed E-state index contributed by atoms with van der Waals surface area (Å²) >= 11 is 5.79. The van der Waals surface area contributed by atoms with Crippen molar-refractivity contribution in [2.45, 2.75) is 0 Å². The van der Waals surface area contributed by atoms with Crippen LogP contribution in [0.25, 0.3) is 0 Å². The van der Waals surface area contributed by atoms with Crippen LogP contribution >= 0.6 is 11.6 Å². The average molecular weight is 349 g/mol. The Kier molecular flexibility index (Phi) is 6.03. The molecule has 0 radical (unpaired) electrons. The smallest absolute Gasteiger partial charge is 0.271 e. The summed E-state index contributed by atoms with van der Waals surface area (Å²) in [5.74, 6) is 1.26. The number of hydrogen-bond donors (Lipinski definition) is 1. The van der Waals surface area contributed by atoms with Gasteiger partial charge in [0, 0.05) is 22.7 Å². The van der Waals surface area contributed by atoms with Gasteiger partial charge in [-0.1, -0.05) is 11.6 Å². The number of halogens is 1. The molecule has 0 heterocycles. The standard InChI is InChI=1S/C17H17ClN2O4/c1-22-13-8-15(23-2)14(16(9-13)24-3)10-19-20-17(21)11-4-6-12(18)7-5-11/h4-10H,1-3H3,(H,20,21)/b19-10-. The third kappa shape index (κ3) is 4.17. The number of rotatable bonds is 6. The molecule has 2 aromatic rings. The fourth-order valence-electron chi connectivity index (χ4n) is 1.98. The second-order valence-corrected chi connectivity index (χ2v) is 5.09. The lowest BCUT2D eigenvalue weighted by atomic mass is 10.2. The molecule has 0 aromatic heterocycles. The molecular weight excluding hydrogens is 332 g/mol. The van der Waals surface area contributed by atoms with Gasteiger partial charge in [0.1, 0.15) is 17.2 Å². The van der Waals surface area contributed by atoms with Crippen LogP contribution in [0.4, 0.5) is 0 Å². The van der Waals surface area contributed by atoms with Crippen LogP contribution in [-0.4, -0.2) is 33.5 Å². The van der Waals surface area contributed by atoms with Gasteiger partial charge in [0.25, 0.3) is 5.91 Å². The molecule has 24 heavy (non-hydrogen) atoms. The summed E-state index contributed by atoms with van der Waals surface area (Å²) in [6.45, 7) is 0. The zero-order valence-electron chi connectivity index (χ0n) is 13.5. The number of hydrazone groups is 1. The molecule has 0 saturated carbocycles. The van der Waals surface area contributed by atoms with Crippen LogP contribution in [-0.2, 0) is 0 Å². The maximum atomic E-state index is 12.0. The first kappa shape index (κ1) is 17.6. The summed E-state index contributed by atoms with van der Waals surface area (Å²) in [5, 5.41) is 4.51. The van der Waals surface area contributed by atoms with E-state index in [0.29, 0.717) is 33.4 Å². The summed E-state index contributed by atoms with van der Waals surface area (Å²) in [6, 6.07) is 9.89. The minimum absolute atomic E-state index is 0.352. The van der Waals surface area contributed by atoms with Crippen LogP contribution in [0, 0.1) is 0 Å². The van der Waals surface area contributed by atoms with Crippen molar-refractivity contribution < 1.29 is 19.0 Å². The lowest BCUT2D eigenvalue weighted by molar-refractivity contribution is 0.0955. The van der Waals surface area contributed by atoms with E-state index in [4.69, 9.17) is 25.8 Å². The average Bonchev–Trinajstić information content (AvgIpc) is 2.61. The zero-order valence-corrected chi connectivity index (χ0v) is 14.3. The Morgan fingerprint density at radius 2 is 1.62 bits per heavy atom. The molecule has 6 nitrogen and oxygen atoms in total. The van der Waals surface area contributed by atoms with Gasteiger partial charge in [-0.15, -0.1) is 0 Å². The van der Waals surface area contributed by atoms with Crippen molar-refractivity contribution in [3.05, 3.63) is 52.5 Å². The largest absolute Gasteiger partial charge is 0.496 e. The predicted octanol–water partition coefficient (Wildman–Crippen LogP) is 3.13. The number of hydrogen-bond acceptors (Lipinski definition) is 5. The highest BCUT2D eigenvalue weighted by Gasteiger charge is 2.11. The van der Waals surface area contributed by atoms with E-state index < -0.39 is 0 Å². The lowest BCUT2D eigenvalue weighted by Crippen LogP contribution is -2.17. The van der Waals surface area contributed by atoms with Crippen LogP contribution in [0.5, 0.6) is 17.2 Å². The molecule has 0 aliphatic heterocycles. The van der Waals surface area contributed by atoms with Crippen LogP contribution in [0.1, 0.15) is 15.9 Å². The zero-order chi connectivity index (χ0) is 17.5. The molecule has 0 spiro atoms. The molecule has 1 amide bonds. The Morgan fingerprint density at radius 1 is 1.04 bits per heavy atom. The number of carbonyl (C=O) groups is 1. The van der Waals surface area contributed by atoms with Gasteiger partial charge in [-0.3, -0.25) is 4.79 Å². The number of benzene rings is 2. The monoisotopic (exact) mass is 348 g/mol. The topological polar surface area (TPSA) is 69.2 Å². The minimum Gasteiger partial charge on any atom is -0.496 e. The number of amides is 1. The van der Waals surface area contributed by atoms with Crippen molar-refractivity contribution in [3.8, 4) is 17.2 Å². The Bertz CT molecular complexity index is 720. The highest BCUT2D eigenvalue weighted by atomic mass is 35.5. The second-order valence-electron chi connectivity index (χ2n) is 4.65.